The van der Waals surface area contributed by atoms with Crippen LogP contribution in [0.1, 0.15) is 60.6 Å². The molecule has 2 rings (SSSR count). The predicted molar refractivity (Wildman–Crippen MR) is 72.8 cm³/mol. The van der Waals surface area contributed by atoms with Gasteiger partial charge in [-0.2, -0.15) is 0 Å². The van der Waals surface area contributed by atoms with Gasteiger partial charge in [-0.3, -0.25) is 9.78 Å². The first-order valence-corrected chi connectivity index (χ1v) is 7.03. The fraction of sp³-hybridized carbons (Fsp3) is 0.600. The van der Waals surface area contributed by atoms with Crippen molar-refractivity contribution in [3.05, 3.63) is 29.1 Å². The topological polar surface area (TPSA) is 42.0 Å². The van der Waals surface area contributed by atoms with Gasteiger partial charge in [0, 0.05) is 12.2 Å². The molecule has 1 heterocycles. The van der Waals surface area contributed by atoms with Gasteiger partial charge in [0.05, 0.1) is 5.56 Å². The Morgan fingerprint density at radius 2 is 2.00 bits per heavy atom. The van der Waals surface area contributed by atoms with Crippen LogP contribution in [-0.4, -0.2) is 16.9 Å². The Kier molecular flexibility index (Phi) is 4.68. The summed E-state index contributed by atoms with van der Waals surface area (Å²) in [5, 5.41) is 2.87. The number of alkyl halides is 2. The number of nitrogens with one attached hydrogen (secondary N) is 1. The molecule has 0 radical (unpaired) electrons. The van der Waals surface area contributed by atoms with Gasteiger partial charge in [-0.1, -0.05) is 6.92 Å². The Morgan fingerprint density at radius 3 is 2.60 bits per heavy atom. The van der Waals surface area contributed by atoms with Gasteiger partial charge in [0.25, 0.3) is 12.3 Å². The molecule has 110 valence electrons. The fourth-order valence-electron chi connectivity index (χ4n) is 2.60. The molecule has 5 heteroatoms. The molecule has 1 aromatic rings. The van der Waals surface area contributed by atoms with Crippen LogP contribution in [0, 0.1) is 12.8 Å². The molecule has 3 nitrogen and oxygen atoms in total. The third-order valence-corrected chi connectivity index (χ3v) is 3.86. The van der Waals surface area contributed by atoms with Crippen molar-refractivity contribution in [1.29, 1.82) is 0 Å². The van der Waals surface area contributed by atoms with Crippen molar-refractivity contribution >= 4 is 5.91 Å². The number of carbonyl (C=O) groups is 1. The number of hydrogen-bond donors (Lipinski definition) is 1. The number of halogens is 2. The van der Waals surface area contributed by atoms with Crippen LogP contribution in [0.2, 0.25) is 0 Å². The maximum atomic E-state index is 12.9. The molecular weight excluding hydrogens is 262 g/mol. The van der Waals surface area contributed by atoms with E-state index < -0.39 is 18.0 Å². The SMILES string of the molecule is Cc1cnc(C(F)F)c(C(=O)NC2CCC(C)CC2)c1. The number of aromatic nitrogens is 1. The highest BCUT2D eigenvalue weighted by Gasteiger charge is 2.24. The molecule has 0 unspecified atom stereocenters. The van der Waals surface area contributed by atoms with E-state index in [1.165, 1.54) is 12.3 Å². The summed E-state index contributed by atoms with van der Waals surface area (Å²) in [6, 6.07) is 1.57. The molecule has 0 aliphatic heterocycles. The van der Waals surface area contributed by atoms with E-state index in [2.05, 4.69) is 17.2 Å². The van der Waals surface area contributed by atoms with E-state index in [-0.39, 0.29) is 11.6 Å². The van der Waals surface area contributed by atoms with Crippen molar-refractivity contribution in [2.24, 2.45) is 5.92 Å². The van der Waals surface area contributed by atoms with E-state index in [1.807, 2.05) is 0 Å². The Morgan fingerprint density at radius 1 is 1.35 bits per heavy atom. The summed E-state index contributed by atoms with van der Waals surface area (Å²) < 4.78 is 25.8. The smallest absolute Gasteiger partial charge is 0.281 e. The van der Waals surface area contributed by atoms with Crippen LogP contribution in [0.15, 0.2) is 12.3 Å². The highest BCUT2D eigenvalue weighted by atomic mass is 19.3. The number of rotatable bonds is 3. The van der Waals surface area contributed by atoms with E-state index in [0.717, 1.165) is 25.7 Å². The van der Waals surface area contributed by atoms with Crippen molar-refractivity contribution in [3.8, 4) is 0 Å². The van der Waals surface area contributed by atoms with Gasteiger partial charge in [0.1, 0.15) is 5.69 Å². The third-order valence-electron chi connectivity index (χ3n) is 3.86. The van der Waals surface area contributed by atoms with Crippen LogP contribution in [0.3, 0.4) is 0 Å². The number of aryl methyl sites for hydroxylation is 1. The second-order valence-corrected chi connectivity index (χ2v) is 5.68. The lowest BCUT2D eigenvalue weighted by molar-refractivity contribution is 0.0906. The lowest BCUT2D eigenvalue weighted by Gasteiger charge is -2.27. The van der Waals surface area contributed by atoms with Crippen LogP contribution in [0.25, 0.3) is 0 Å². The molecule has 0 atom stereocenters. The van der Waals surface area contributed by atoms with Gasteiger partial charge >= 0.3 is 0 Å². The minimum Gasteiger partial charge on any atom is -0.349 e. The second-order valence-electron chi connectivity index (χ2n) is 5.68. The van der Waals surface area contributed by atoms with Gasteiger partial charge in [-0.05, 0) is 50.2 Å². The fourth-order valence-corrected chi connectivity index (χ4v) is 2.60. The summed E-state index contributed by atoms with van der Waals surface area (Å²) >= 11 is 0. The minimum absolute atomic E-state index is 0.00128. The monoisotopic (exact) mass is 282 g/mol. The van der Waals surface area contributed by atoms with Crippen LogP contribution < -0.4 is 5.32 Å². The normalized spacial score (nSPS) is 22.9. The number of hydrogen-bond acceptors (Lipinski definition) is 2. The molecular formula is C15H20F2N2O. The lowest BCUT2D eigenvalue weighted by atomic mass is 9.87. The second kappa shape index (κ2) is 6.29. The standard InChI is InChI=1S/C15H20F2N2O/c1-9-3-5-11(6-4-9)19-15(20)12-7-10(2)8-18-13(12)14(16)17/h7-9,11,14H,3-6H2,1-2H3,(H,19,20). The summed E-state index contributed by atoms with van der Waals surface area (Å²) in [6.45, 7) is 3.93. The molecule has 0 saturated heterocycles. The zero-order valence-corrected chi connectivity index (χ0v) is 11.8. The van der Waals surface area contributed by atoms with E-state index in [4.69, 9.17) is 0 Å². The maximum Gasteiger partial charge on any atom is 0.281 e. The molecule has 1 aliphatic rings. The average Bonchev–Trinajstić information content (AvgIpc) is 2.41. The first kappa shape index (κ1) is 14.9. The summed E-state index contributed by atoms with van der Waals surface area (Å²) in [5.74, 6) is 0.247. The molecule has 1 saturated carbocycles. The van der Waals surface area contributed by atoms with Crippen molar-refractivity contribution in [2.75, 3.05) is 0 Å². The molecule has 1 aromatic heterocycles. The van der Waals surface area contributed by atoms with Gasteiger partial charge in [-0.15, -0.1) is 0 Å². The first-order chi connectivity index (χ1) is 9.47. The van der Waals surface area contributed by atoms with Crippen LogP contribution in [0.4, 0.5) is 8.78 Å². The largest absolute Gasteiger partial charge is 0.349 e. The first-order valence-electron chi connectivity index (χ1n) is 7.03. The van der Waals surface area contributed by atoms with E-state index >= 15 is 0 Å². The zero-order chi connectivity index (χ0) is 14.7. The molecule has 1 amide bonds. The number of amides is 1. The Labute approximate surface area is 117 Å². The quantitative estimate of drug-likeness (QED) is 0.919. The molecule has 1 fully saturated rings. The highest BCUT2D eigenvalue weighted by Crippen LogP contribution is 2.25. The summed E-state index contributed by atoms with van der Waals surface area (Å²) in [6.07, 6.45) is 2.59. The molecule has 0 spiro atoms. The maximum absolute atomic E-state index is 12.9. The average molecular weight is 282 g/mol. The zero-order valence-electron chi connectivity index (χ0n) is 11.8. The van der Waals surface area contributed by atoms with E-state index in [1.54, 1.807) is 6.92 Å². The van der Waals surface area contributed by atoms with Crippen molar-refractivity contribution in [3.63, 3.8) is 0 Å². The highest BCUT2D eigenvalue weighted by molar-refractivity contribution is 5.95. The van der Waals surface area contributed by atoms with Crippen LogP contribution in [-0.2, 0) is 0 Å². The van der Waals surface area contributed by atoms with Gasteiger partial charge in [0.15, 0.2) is 0 Å². The van der Waals surface area contributed by atoms with Crippen molar-refractivity contribution in [1.82, 2.24) is 10.3 Å². The van der Waals surface area contributed by atoms with E-state index in [0.29, 0.717) is 11.5 Å². The molecule has 0 aromatic carbocycles. The summed E-state index contributed by atoms with van der Waals surface area (Å²) in [4.78, 5) is 15.9. The van der Waals surface area contributed by atoms with Crippen molar-refractivity contribution < 1.29 is 13.6 Å². The molecule has 20 heavy (non-hydrogen) atoms. The lowest BCUT2D eigenvalue weighted by Crippen LogP contribution is -2.37. The number of pyridine rings is 1. The summed E-state index contributed by atoms with van der Waals surface area (Å²) in [7, 11) is 0. The predicted octanol–water partition coefficient (Wildman–Crippen LogP) is 3.64. The van der Waals surface area contributed by atoms with Crippen LogP contribution >= 0.6 is 0 Å². The van der Waals surface area contributed by atoms with Crippen LogP contribution in [0.5, 0.6) is 0 Å². The third kappa shape index (κ3) is 3.52. The summed E-state index contributed by atoms with van der Waals surface area (Å²) in [5.41, 5.74) is 0.271. The number of carbonyl (C=O) groups excluding carboxylic acids is 1. The molecule has 1 N–H and O–H groups in total. The van der Waals surface area contributed by atoms with E-state index in [9.17, 15) is 13.6 Å². The Hall–Kier alpha value is -1.52. The van der Waals surface area contributed by atoms with Gasteiger partial charge in [0.2, 0.25) is 0 Å². The van der Waals surface area contributed by atoms with Crippen molar-refractivity contribution in [2.45, 2.75) is 52.0 Å². The molecule has 1 aliphatic carbocycles. The Bertz CT molecular complexity index is 483. The molecule has 0 bridgehead atoms. The minimum atomic E-state index is -2.73. The Balaban J connectivity index is 2.10. The van der Waals surface area contributed by atoms with Gasteiger partial charge < -0.3 is 5.32 Å². The van der Waals surface area contributed by atoms with Gasteiger partial charge in [-0.25, -0.2) is 8.78 Å². The number of nitrogens with zero attached hydrogens (tertiary/aromatic N) is 1.